The number of hydrogen-bond acceptors (Lipinski definition) is 5. The molecule has 0 amide bonds. The molecule has 5 rings (SSSR count). The summed E-state index contributed by atoms with van der Waals surface area (Å²) in [4.78, 5) is 30.7. The fourth-order valence-corrected chi connectivity index (χ4v) is 5.77. The lowest BCUT2D eigenvalue weighted by Crippen LogP contribution is -2.41. The van der Waals surface area contributed by atoms with Gasteiger partial charge in [0.2, 0.25) is 0 Å². The van der Waals surface area contributed by atoms with E-state index in [0.29, 0.717) is 6.42 Å². The smallest absolute Gasteiger partial charge is 0.309 e. The monoisotopic (exact) mass is 557 g/mol. The number of esters is 1. The van der Waals surface area contributed by atoms with Crippen molar-refractivity contribution in [2.75, 3.05) is 7.11 Å². The molecule has 0 saturated carbocycles. The molecule has 0 spiro atoms. The molecule has 0 saturated heterocycles. The summed E-state index contributed by atoms with van der Waals surface area (Å²) in [5.41, 5.74) is 10.7. The molecular formula is C36H35N3O3. The Morgan fingerprint density at radius 1 is 0.762 bits per heavy atom. The van der Waals surface area contributed by atoms with Crippen LogP contribution in [0.5, 0.6) is 0 Å². The molecule has 6 heteroatoms. The van der Waals surface area contributed by atoms with E-state index in [1.807, 2.05) is 91.3 Å². The van der Waals surface area contributed by atoms with Gasteiger partial charge in [0.1, 0.15) is 5.54 Å². The number of aromatic nitrogens is 2. The Morgan fingerprint density at radius 2 is 1.24 bits per heavy atom. The molecule has 0 aliphatic carbocycles. The van der Waals surface area contributed by atoms with Crippen molar-refractivity contribution in [2.24, 2.45) is 11.7 Å². The number of carbonyl (C=O) groups is 2. The van der Waals surface area contributed by atoms with E-state index in [1.165, 1.54) is 7.11 Å². The van der Waals surface area contributed by atoms with E-state index in [0.717, 1.165) is 27.9 Å². The first-order chi connectivity index (χ1) is 20.5. The second-order valence-corrected chi connectivity index (χ2v) is 10.5. The normalized spacial score (nSPS) is 12.8. The van der Waals surface area contributed by atoms with Gasteiger partial charge in [-0.15, -0.1) is 0 Å². The maximum Gasteiger partial charge on any atom is 0.309 e. The van der Waals surface area contributed by atoms with Crippen molar-refractivity contribution in [3.8, 4) is 0 Å². The quantitative estimate of drug-likeness (QED) is 0.160. The molecule has 1 aromatic heterocycles. The number of benzene rings is 4. The van der Waals surface area contributed by atoms with Crippen molar-refractivity contribution in [1.82, 2.24) is 9.55 Å². The Morgan fingerprint density at radius 3 is 1.71 bits per heavy atom. The van der Waals surface area contributed by atoms with E-state index in [2.05, 4.69) is 45.9 Å². The van der Waals surface area contributed by atoms with Crippen molar-refractivity contribution in [3.63, 3.8) is 0 Å². The summed E-state index contributed by atoms with van der Waals surface area (Å²) < 4.78 is 7.16. The zero-order valence-electron chi connectivity index (χ0n) is 23.7. The molecule has 0 aliphatic rings. The van der Waals surface area contributed by atoms with E-state index < -0.39 is 23.5 Å². The lowest BCUT2D eigenvalue weighted by molar-refractivity contribution is -0.147. The Bertz CT molecular complexity index is 1490. The highest BCUT2D eigenvalue weighted by atomic mass is 16.5. The van der Waals surface area contributed by atoms with Crippen molar-refractivity contribution in [2.45, 2.75) is 30.8 Å². The standard InChI is InChI=1S/C36H35N3O3/c1-42-35(41)28(22-27-14-6-2-7-15-27)23-34(40)33(37)24-32-25-38-26-39(32)36(29-16-8-3-9-17-29,30-18-10-4-11-19-30)31-20-12-5-13-21-31/h2-21,25-26,28,33H,22-24,37H2,1H3/t28-,33+/m1/s1. The molecule has 0 fully saturated rings. The van der Waals surface area contributed by atoms with Gasteiger partial charge < -0.3 is 15.0 Å². The lowest BCUT2D eigenvalue weighted by atomic mass is 9.76. The topological polar surface area (TPSA) is 87.2 Å². The van der Waals surface area contributed by atoms with Crippen LogP contribution in [0.25, 0.3) is 0 Å². The zero-order valence-corrected chi connectivity index (χ0v) is 23.7. The Labute approximate surface area is 246 Å². The van der Waals surface area contributed by atoms with Crippen molar-refractivity contribution >= 4 is 11.8 Å². The number of nitrogens with two attached hydrogens (primary N) is 1. The van der Waals surface area contributed by atoms with Gasteiger partial charge in [-0.05, 0) is 28.7 Å². The van der Waals surface area contributed by atoms with Gasteiger partial charge in [0, 0.05) is 24.7 Å². The van der Waals surface area contributed by atoms with Crippen LogP contribution >= 0.6 is 0 Å². The van der Waals surface area contributed by atoms with E-state index in [1.54, 1.807) is 6.20 Å². The van der Waals surface area contributed by atoms with Crippen molar-refractivity contribution < 1.29 is 14.3 Å². The average molecular weight is 558 g/mol. The molecule has 0 radical (unpaired) electrons. The molecule has 212 valence electrons. The summed E-state index contributed by atoms with van der Waals surface area (Å²) >= 11 is 0. The zero-order chi connectivity index (χ0) is 29.4. The maximum absolute atomic E-state index is 13.5. The van der Waals surface area contributed by atoms with Gasteiger partial charge in [-0.1, -0.05) is 121 Å². The van der Waals surface area contributed by atoms with Crippen LogP contribution in [-0.2, 0) is 32.7 Å². The van der Waals surface area contributed by atoms with Crippen LogP contribution in [0.1, 0.15) is 34.4 Å². The molecule has 2 N–H and O–H groups in total. The minimum absolute atomic E-state index is 0.00191. The minimum atomic E-state index is -0.830. The molecular weight excluding hydrogens is 522 g/mol. The third-order valence-electron chi connectivity index (χ3n) is 7.80. The van der Waals surface area contributed by atoms with Crippen molar-refractivity contribution in [3.05, 3.63) is 162 Å². The van der Waals surface area contributed by atoms with Crippen LogP contribution in [0.3, 0.4) is 0 Å². The predicted molar refractivity (Wildman–Crippen MR) is 164 cm³/mol. The van der Waals surface area contributed by atoms with Gasteiger partial charge in [0.05, 0.1) is 25.4 Å². The summed E-state index contributed by atoms with van der Waals surface area (Å²) in [5.74, 6) is -1.22. The minimum Gasteiger partial charge on any atom is -0.469 e. The summed E-state index contributed by atoms with van der Waals surface area (Å²) in [5, 5.41) is 0. The second kappa shape index (κ2) is 13.2. The number of carbonyl (C=O) groups excluding carboxylic acids is 2. The van der Waals surface area contributed by atoms with Crippen LogP contribution in [0, 0.1) is 5.92 Å². The number of rotatable bonds is 12. The third-order valence-corrected chi connectivity index (χ3v) is 7.80. The van der Waals surface area contributed by atoms with Gasteiger partial charge in [-0.3, -0.25) is 9.59 Å². The summed E-state index contributed by atoms with van der Waals surface area (Å²) in [6.07, 6.45) is 4.25. The number of ketones is 1. The molecule has 4 aromatic carbocycles. The molecule has 0 unspecified atom stereocenters. The van der Waals surface area contributed by atoms with Gasteiger partial charge in [-0.2, -0.15) is 0 Å². The maximum atomic E-state index is 13.5. The van der Waals surface area contributed by atoms with E-state index in [9.17, 15) is 9.59 Å². The van der Waals surface area contributed by atoms with Gasteiger partial charge in [0.25, 0.3) is 0 Å². The highest BCUT2D eigenvalue weighted by molar-refractivity contribution is 5.88. The molecule has 1 heterocycles. The number of hydrogen-bond donors (Lipinski definition) is 1. The van der Waals surface area contributed by atoms with Crippen LogP contribution in [0.15, 0.2) is 134 Å². The predicted octanol–water partition coefficient (Wildman–Crippen LogP) is 5.58. The average Bonchev–Trinajstić information content (AvgIpc) is 3.51. The highest BCUT2D eigenvalue weighted by Crippen LogP contribution is 2.41. The third kappa shape index (κ3) is 5.94. The number of nitrogens with zero attached hydrogens (tertiary/aromatic N) is 2. The molecule has 6 nitrogen and oxygen atoms in total. The van der Waals surface area contributed by atoms with Crippen LogP contribution in [0.2, 0.25) is 0 Å². The first-order valence-corrected chi connectivity index (χ1v) is 14.1. The molecule has 42 heavy (non-hydrogen) atoms. The summed E-state index contributed by atoms with van der Waals surface area (Å²) in [6.45, 7) is 0. The Kier molecular flexibility index (Phi) is 9.05. The van der Waals surface area contributed by atoms with E-state index >= 15 is 0 Å². The van der Waals surface area contributed by atoms with E-state index in [4.69, 9.17) is 10.5 Å². The van der Waals surface area contributed by atoms with Crippen LogP contribution in [0.4, 0.5) is 0 Å². The van der Waals surface area contributed by atoms with E-state index in [-0.39, 0.29) is 18.6 Å². The Hall–Kier alpha value is -4.81. The lowest BCUT2D eigenvalue weighted by Gasteiger charge is -2.39. The van der Waals surface area contributed by atoms with Crippen molar-refractivity contribution in [1.29, 1.82) is 0 Å². The fourth-order valence-electron chi connectivity index (χ4n) is 5.77. The molecule has 0 aliphatic heterocycles. The molecule has 5 aromatic rings. The fraction of sp³-hybridized carbons (Fsp3) is 0.194. The van der Waals surface area contributed by atoms with Gasteiger partial charge in [-0.25, -0.2) is 4.98 Å². The second-order valence-electron chi connectivity index (χ2n) is 10.5. The van der Waals surface area contributed by atoms with Gasteiger partial charge in [0.15, 0.2) is 5.78 Å². The first kappa shape index (κ1) is 28.7. The Balaban J connectivity index is 1.51. The molecule has 2 atom stereocenters. The van der Waals surface area contributed by atoms with Gasteiger partial charge >= 0.3 is 5.97 Å². The van der Waals surface area contributed by atoms with Crippen LogP contribution in [-0.4, -0.2) is 34.5 Å². The first-order valence-electron chi connectivity index (χ1n) is 14.1. The number of Topliss-reactive ketones (excluding diaryl/α,β-unsaturated/α-hetero) is 1. The SMILES string of the molecule is COC(=O)[C@@H](CC(=O)[C@@H](N)Cc1cncn1C(c1ccccc1)(c1ccccc1)c1ccccc1)Cc1ccccc1. The number of ether oxygens (including phenoxy) is 1. The number of methoxy groups -OCH3 is 1. The highest BCUT2D eigenvalue weighted by Gasteiger charge is 2.40. The summed E-state index contributed by atoms with van der Waals surface area (Å²) in [7, 11) is 1.35. The largest absolute Gasteiger partial charge is 0.469 e. The number of imidazole rings is 1. The molecule has 0 bridgehead atoms. The van der Waals surface area contributed by atoms with Crippen LogP contribution < -0.4 is 5.73 Å². The summed E-state index contributed by atoms with van der Waals surface area (Å²) in [6, 6.07) is 39.6.